The van der Waals surface area contributed by atoms with Crippen molar-refractivity contribution < 1.29 is 8.91 Å². The van der Waals surface area contributed by atoms with Crippen molar-refractivity contribution >= 4 is 0 Å². The monoisotopic (exact) mass is 255 g/mol. The SMILES string of the molecule is N#Cc1c(F)cccc1-c1nc(-c2ncc[nH]2)no1. The van der Waals surface area contributed by atoms with Crippen LogP contribution in [-0.4, -0.2) is 20.1 Å². The molecule has 0 saturated heterocycles. The second-order valence-corrected chi connectivity index (χ2v) is 3.64. The number of nitrogens with zero attached hydrogens (tertiary/aromatic N) is 4. The molecule has 3 rings (SSSR count). The lowest BCUT2D eigenvalue weighted by Gasteiger charge is -1.98. The van der Waals surface area contributed by atoms with Gasteiger partial charge in [0.15, 0.2) is 5.82 Å². The van der Waals surface area contributed by atoms with E-state index in [2.05, 4.69) is 20.1 Å². The van der Waals surface area contributed by atoms with Crippen molar-refractivity contribution in [3.8, 4) is 29.2 Å². The Labute approximate surface area is 106 Å². The molecule has 0 amide bonds. The summed E-state index contributed by atoms with van der Waals surface area (Å²) in [4.78, 5) is 10.9. The molecule has 0 aliphatic carbocycles. The molecule has 0 atom stereocenters. The average molecular weight is 255 g/mol. The highest BCUT2D eigenvalue weighted by atomic mass is 19.1. The molecule has 19 heavy (non-hydrogen) atoms. The lowest BCUT2D eigenvalue weighted by atomic mass is 10.1. The van der Waals surface area contributed by atoms with E-state index in [0.29, 0.717) is 5.82 Å². The molecule has 0 aliphatic heterocycles. The minimum atomic E-state index is -0.627. The predicted octanol–water partition coefficient (Wildman–Crippen LogP) is 2.14. The Balaban J connectivity index is 2.10. The number of hydrogen-bond acceptors (Lipinski definition) is 5. The molecule has 0 unspecified atom stereocenters. The molecule has 92 valence electrons. The van der Waals surface area contributed by atoms with Gasteiger partial charge in [-0.3, -0.25) is 0 Å². The molecular weight excluding hydrogens is 249 g/mol. The molecule has 0 saturated carbocycles. The molecular formula is C12H6FN5O. The van der Waals surface area contributed by atoms with Gasteiger partial charge in [-0.2, -0.15) is 10.2 Å². The van der Waals surface area contributed by atoms with Crippen molar-refractivity contribution in [1.29, 1.82) is 5.26 Å². The predicted molar refractivity (Wildman–Crippen MR) is 62.0 cm³/mol. The van der Waals surface area contributed by atoms with Crippen molar-refractivity contribution in [2.45, 2.75) is 0 Å². The Hall–Kier alpha value is -3.01. The fourth-order valence-electron chi connectivity index (χ4n) is 1.63. The topological polar surface area (TPSA) is 91.4 Å². The molecule has 0 spiro atoms. The normalized spacial score (nSPS) is 10.3. The fraction of sp³-hybridized carbons (Fsp3) is 0. The number of aromatic amines is 1. The fourth-order valence-corrected chi connectivity index (χ4v) is 1.63. The lowest BCUT2D eigenvalue weighted by molar-refractivity contribution is 0.431. The first-order valence-electron chi connectivity index (χ1n) is 5.32. The van der Waals surface area contributed by atoms with Crippen molar-refractivity contribution in [2.75, 3.05) is 0 Å². The highest BCUT2D eigenvalue weighted by Gasteiger charge is 2.17. The minimum Gasteiger partial charge on any atom is -0.342 e. The van der Waals surface area contributed by atoms with Crippen LogP contribution < -0.4 is 0 Å². The van der Waals surface area contributed by atoms with Gasteiger partial charge in [0.2, 0.25) is 5.82 Å². The second kappa shape index (κ2) is 4.34. The van der Waals surface area contributed by atoms with Crippen LogP contribution in [0.15, 0.2) is 35.1 Å². The third-order valence-corrected chi connectivity index (χ3v) is 2.49. The van der Waals surface area contributed by atoms with Crippen molar-refractivity contribution in [1.82, 2.24) is 20.1 Å². The Morgan fingerprint density at radius 1 is 1.37 bits per heavy atom. The van der Waals surface area contributed by atoms with Gasteiger partial charge in [-0.25, -0.2) is 9.37 Å². The second-order valence-electron chi connectivity index (χ2n) is 3.64. The first kappa shape index (κ1) is 11.1. The van der Waals surface area contributed by atoms with Gasteiger partial charge in [0.25, 0.3) is 5.89 Å². The van der Waals surface area contributed by atoms with Crippen molar-refractivity contribution in [2.24, 2.45) is 0 Å². The van der Waals surface area contributed by atoms with Crippen LogP contribution in [0.4, 0.5) is 4.39 Å². The quantitative estimate of drug-likeness (QED) is 0.757. The molecule has 7 heteroatoms. The Kier molecular flexibility index (Phi) is 2.54. The number of nitrogens with one attached hydrogen (secondary N) is 1. The lowest BCUT2D eigenvalue weighted by Crippen LogP contribution is -1.89. The molecule has 0 bridgehead atoms. The van der Waals surface area contributed by atoms with Gasteiger partial charge in [-0.05, 0) is 12.1 Å². The van der Waals surface area contributed by atoms with Gasteiger partial charge in [-0.15, -0.1) is 0 Å². The van der Waals surface area contributed by atoms with Crippen LogP contribution in [0.5, 0.6) is 0 Å². The average Bonchev–Trinajstić information content (AvgIpc) is 3.09. The summed E-state index contributed by atoms with van der Waals surface area (Å²) in [6.45, 7) is 0. The van der Waals surface area contributed by atoms with Crippen LogP contribution >= 0.6 is 0 Å². The smallest absolute Gasteiger partial charge is 0.259 e. The van der Waals surface area contributed by atoms with E-state index in [-0.39, 0.29) is 22.8 Å². The van der Waals surface area contributed by atoms with Crippen molar-refractivity contribution in [3.05, 3.63) is 42.0 Å². The third-order valence-electron chi connectivity index (χ3n) is 2.49. The van der Waals surface area contributed by atoms with E-state index in [0.717, 1.165) is 0 Å². The first-order valence-corrected chi connectivity index (χ1v) is 5.32. The van der Waals surface area contributed by atoms with Crippen LogP contribution in [-0.2, 0) is 0 Å². The van der Waals surface area contributed by atoms with E-state index in [4.69, 9.17) is 9.78 Å². The minimum absolute atomic E-state index is 0.0717. The molecule has 6 nitrogen and oxygen atoms in total. The van der Waals surface area contributed by atoms with E-state index in [9.17, 15) is 4.39 Å². The van der Waals surface area contributed by atoms with Gasteiger partial charge >= 0.3 is 0 Å². The highest BCUT2D eigenvalue weighted by Crippen LogP contribution is 2.25. The Bertz CT molecular complexity index is 757. The number of hydrogen-bond donors (Lipinski definition) is 1. The number of benzene rings is 1. The summed E-state index contributed by atoms with van der Waals surface area (Å²) in [7, 11) is 0. The van der Waals surface area contributed by atoms with Gasteiger partial charge < -0.3 is 9.51 Å². The summed E-state index contributed by atoms with van der Waals surface area (Å²) in [5, 5.41) is 12.7. The van der Waals surface area contributed by atoms with E-state index < -0.39 is 5.82 Å². The first-order chi connectivity index (χ1) is 9.29. The van der Waals surface area contributed by atoms with E-state index in [1.54, 1.807) is 24.5 Å². The summed E-state index contributed by atoms with van der Waals surface area (Å²) in [5.41, 5.74) is 0.130. The molecule has 0 radical (unpaired) electrons. The summed E-state index contributed by atoms with van der Waals surface area (Å²) in [6, 6.07) is 6.00. The zero-order valence-corrected chi connectivity index (χ0v) is 9.46. The summed E-state index contributed by atoms with van der Waals surface area (Å²) in [5.74, 6) is 0.123. The third kappa shape index (κ3) is 1.85. The summed E-state index contributed by atoms with van der Waals surface area (Å²) in [6.07, 6.45) is 3.17. The van der Waals surface area contributed by atoms with Gasteiger partial charge in [0.1, 0.15) is 17.4 Å². The van der Waals surface area contributed by atoms with Gasteiger partial charge in [-0.1, -0.05) is 11.2 Å². The summed E-state index contributed by atoms with van der Waals surface area (Å²) >= 11 is 0. The number of H-pyrrole nitrogens is 1. The van der Waals surface area contributed by atoms with Crippen LogP contribution in [0.2, 0.25) is 0 Å². The standard InChI is InChI=1S/C12H6FN5O/c13-9-3-1-2-7(8(9)6-14)12-17-11(18-19-12)10-15-4-5-16-10/h1-5H,(H,15,16). The molecule has 2 aromatic heterocycles. The largest absolute Gasteiger partial charge is 0.342 e. The van der Waals surface area contributed by atoms with Crippen LogP contribution in [0.1, 0.15) is 5.56 Å². The molecule has 1 N–H and O–H groups in total. The number of nitriles is 1. The molecule has 0 fully saturated rings. The zero-order chi connectivity index (χ0) is 13.2. The summed E-state index contributed by atoms with van der Waals surface area (Å²) < 4.78 is 18.5. The maximum Gasteiger partial charge on any atom is 0.259 e. The van der Waals surface area contributed by atoms with Gasteiger partial charge in [0.05, 0.1) is 5.56 Å². The van der Waals surface area contributed by atoms with Crippen LogP contribution in [0, 0.1) is 17.1 Å². The van der Waals surface area contributed by atoms with Crippen molar-refractivity contribution in [3.63, 3.8) is 0 Å². The highest BCUT2D eigenvalue weighted by molar-refractivity contribution is 5.64. The van der Waals surface area contributed by atoms with Crippen LogP contribution in [0.3, 0.4) is 0 Å². The Morgan fingerprint density at radius 3 is 3.00 bits per heavy atom. The van der Waals surface area contributed by atoms with E-state index in [1.165, 1.54) is 12.1 Å². The molecule has 1 aromatic carbocycles. The van der Waals surface area contributed by atoms with Crippen LogP contribution in [0.25, 0.3) is 23.1 Å². The zero-order valence-electron chi connectivity index (χ0n) is 9.46. The number of imidazole rings is 1. The number of rotatable bonds is 2. The van der Waals surface area contributed by atoms with E-state index in [1.807, 2.05) is 0 Å². The molecule has 0 aliphatic rings. The van der Waals surface area contributed by atoms with E-state index >= 15 is 0 Å². The maximum atomic E-state index is 13.5. The Morgan fingerprint density at radius 2 is 2.26 bits per heavy atom. The number of halogens is 1. The maximum absolute atomic E-state index is 13.5. The molecule has 2 heterocycles. The number of aromatic nitrogens is 4. The van der Waals surface area contributed by atoms with Gasteiger partial charge in [0, 0.05) is 12.4 Å². The molecule has 3 aromatic rings.